The van der Waals surface area contributed by atoms with E-state index in [4.69, 9.17) is 0 Å². The molecule has 1 amide bonds. The fraction of sp³-hybridized carbons (Fsp3) is 0.769. The molecule has 0 saturated carbocycles. The molecule has 0 aliphatic carbocycles. The number of rotatable bonds is 3. The molecule has 0 aromatic carbocycles. The van der Waals surface area contributed by atoms with E-state index in [1.54, 1.807) is 0 Å². The van der Waals surface area contributed by atoms with Gasteiger partial charge in [0.05, 0.1) is 0 Å². The van der Waals surface area contributed by atoms with Crippen molar-refractivity contribution >= 4 is 5.91 Å². The third-order valence-electron chi connectivity index (χ3n) is 3.48. The van der Waals surface area contributed by atoms with Gasteiger partial charge in [-0.15, -0.1) is 6.58 Å². The van der Waals surface area contributed by atoms with Crippen LogP contribution < -0.4 is 0 Å². The van der Waals surface area contributed by atoms with Crippen LogP contribution in [0.5, 0.6) is 0 Å². The van der Waals surface area contributed by atoms with Crippen molar-refractivity contribution in [3.8, 4) is 0 Å². The minimum absolute atomic E-state index is 0.292. The number of allylic oxidation sites excluding steroid dienone is 1. The molecule has 1 rings (SSSR count). The smallest absolute Gasteiger partial charge is 0.223 e. The number of carbonyl (C=O) groups is 1. The second kappa shape index (κ2) is 5.34. The molecule has 1 aliphatic heterocycles. The largest absolute Gasteiger partial charge is 0.339 e. The highest BCUT2D eigenvalue weighted by Gasteiger charge is 2.31. The van der Waals surface area contributed by atoms with Crippen LogP contribution in [0.1, 0.15) is 40.0 Å². The van der Waals surface area contributed by atoms with Gasteiger partial charge in [0.1, 0.15) is 0 Å². The van der Waals surface area contributed by atoms with E-state index in [9.17, 15) is 4.79 Å². The molecular formula is C13H23NO. The summed E-state index contributed by atoms with van der Waals surface area (Å²) in [5.74, 6) is 1.56. The van der Waals surface area contributed by atoms with E-state index < -0.39 is 0 Å². The van der Waals surface area contributed by atoms with Crippen molar-refractivity contribution in [2.45, 2.75) is 46.1 Å². The van der Waals surface area contributed by atoms with Gasteiger partial charge in [-0.05, 0) is 31.6 Å². The molecule has 0 radical (unpaired) electrons. The predicted octanol–water partition coefficient (Wildman–Crippen LogP) is 2.85. The van der Waals surface area contributed by atoms with Crippen LogP contribution in [0.25, 0.3) is 0 Å². The van der Waals surface area contributed by atoms with Crippen LogP contribution in [0.2, 0.25) is 0 Å². The second-order valence-corrected chi connectivity index (χ2v) is 4.93. The molecule has 86 valence electrons. The van der Waals surface area contributed by atoms with E-state index in [0.717, 1.165) is 13.0 Å². The van der Waals surface area contributed by atoms with Crippen molar-refractivity contribution in [3.05, 3.63) is 12.7 Å². The number of hydrogen-bond acceptors (Lipinski definition) is 1. The highest BCUT2D eigenvalue weighted by atomic mass is 16.2. The fourth-order valence-electron chi connectivity index (χ4n) is 2.41. The zero-order valence-corrected chi connectivity index (χ0v) is 10.2. The van der Waals surface area contributed by atoms with Crippen LogP contribution >= 0.6 is 0 Å². The van der Waals surface area contributed by atoms with Crippen molar-refractivity contribution in [3.63, 3.8) is 0 Å². The highest BCUT2D eigenvalue weighted by molar-refractivity contribution is 5.76. The molecule has 2 nitrogen and oxygen atoms in total. The first-order valence-electron chi connectivity index (χ1n) is 5.96. The molecule has 0 N–H and O–H groups in total. The Kier molecular flexibility index (Phi) is 4.37. The summed E-state index contributed by atoms with van der Waals surface area (Å²) >= 11 is 0. The van der Waals surface area contributed by atoms with Gasteiger partial charge in [-0.2, -0.15) is 0 Å². The summed E-state index contributed by atoms with van der Waals surface area (Å²) in [5, 5.41) is 0. The lowest BCUT2D eigenvalue weighted by molar-refractivity contribution is -0.136. The van der Waals surface area contributed by atoms with Gasteiger partial charge in [0.15, 0.2) is 0 Å². The number of likely N-dealkylation sites (tertiary alicyclic amines) is 1. The first-order valence-corrected chi connectivity index (χ1v) is 5.96. The van der Waals surface area contributed by atoms with Crippen LogP contribution in [0, 0.1) is 11.8 Å². The lowest BCUT2D eigenvalue weighted by atomic mass is 9.86. The lowest BCUT2D eigenvalue weighted by Gasteiger charge is -2.41. The maximum atomic E-state index is 11.9. The summed E-state index contributed by atoms with van der Waals surface area (Å²) in [6, 6.07) is 0.401. The number of amides is 1. The molecule has 0 aromatic heterocycles. The van der Waals surface area contributed by atoms with Crippen LogP contribution in [0.15, 0.2) is 12.7 Å². The summed E-state index contributed by atoms with van der Waals surface area (Å²) in [4.78, 5) is 14.0. The van der Waals surface area contributed by atoms with E-state index in [2.05, 4.69) is 32.3 Å². The summed E-state index contributed by atoms with van der Waals surface area (Å²) in [5.41, 5.74) is 0. The second-order valence-electron chi connectivity index (χ2n) is 4.93. The highest BCUT2D eigenvalue weighted by Crippen LogP contribution is 2.27. The topological polar surface area (TPSA) is 20.3 Å². The van der Waals surface area contributed by atoms with Gasteiger partial charge < -0.3 is 4.90 Å². The van der Waals surface area contributed by atoms with Gasteiger partial charge in [-0.1, -0.05) is 19.9 Å². The monoisotopic (exact) mass is 209 g/mol. The molecule has 1 aliphatic rings. The van der Waals surface area contributed by atoms with Crippen LogP contribution in [0.4, 0.5) is 0 Å². The fourth-order valence-corrected chi connectivity index (χ4v) is 2.41. The lowest BCUT2D eigenvalue weighted by Crippen LogP contribution is -2.48. The first-order chi connectivity index (χ1) is 7.06. The van der Waals surface area contributed by atoms with E-state index in [0.29, 0.717) is 30.2 Å². The van der Waals surface area contributed by atoms with Crippen molar-refractivity contribution in [2.24, 2.45) is 11.8 Å². The Morgan fingerprint density at radius 1 is 1.47 bits per heavy atom. The van der Waals surface area contributed by atoms with Crippen LogP contribution in [-0.2, 0) is 4.79 Å². The molecule has 0 bridgehead atoms. The van der Waals surface area contributed by atoms with Crippen LogP contribution in [-0.4, -0.2) is 23.4 Å². The maximum Gasteiger partial charge on any atom is 0.223 e. The Morgan fingerprint density at radius 2 is 2.13 bits per heavy atom. The van der Waals surface area contributed by atoms with Crippen molar-refractivity contribution < 1.29 is 4.79 Å². The molecule has 15 heavy (non-hydrogen) atoms. The summed E-state index contributed by atoms with van der Waals surface area (Å²) in [6.45, 7) is 11.2. The third kappa shape index (κ3) is 3.08. The Morgan fingerprint density at radius 3 is 2.73 bits per heavy atom. The zero-order valence-electron chi connectivity index (χ0n) is 10.2. The van der Waals surface area contributed by atoms with Gasteiger partial charge in [0.2, 0.25) is 5.91 Å². The number of hydrogen-bond donors (Lipinski definition) is 0. The SMILES string of the molecule is C=CCCC(=O)N1C[C@H](C)C[C@H](C)[C@H]1C. The minimum atomic E-state index is 0.292. The third-order valence-corrected chi connectivity index (χ3v) is 3.48. The Labute approximate surface area is 93.3 Å². The van der Waals surface area contributed by atoms with Crippen molar-refractivity contribution in [2.75, 3.05) is 6.54 Å². The number of carbonyl (C=O) groups excluding carboxylic acids is 1. The van der Waals surface area contributed by atoms with Gasteiger partial charge in [0, 0.05) is 19.0 Å². The van der Waals surface area contributed by atoms with E-state index in [1.165, 1.54) is 6.42 Å². The van der Waals surface area contributed by atoms with Crippen LogP contribution in [0.3, 0.4) is 0 Å². The standard InChI is InChI=1S/C13H23NO/c1-5-6-7-13(15)14-9-10(2)8-11(3)12(14)4/h5,10-12H,1,6-9H2,2-4H3/t10-,11+,12-/m1/s1. The first kappa shape index (κ1) is 12.3. The van der Waals surface area contributed by atoms with Gasteiger partial charge in [-0.3, -0.25) is 4.79 Å². The quantitative estimate of drug-likeness (QED) is 0.654. The molecule has 1 heterocycles. The molecule has 2 heteroatoms. The van der Waals surface area contributed by atoms with E-state index >= 15 is 0 Å². The molecule has 0 aromatic rings. The Bertz CT molecular complexity index is 237. The van der Waals surface area contributed by atoms with Gasteiger partial charge in [-0.25, -0.2) is 0 Å². The maximum absolute atomic E-state index is 11.9. The summed E-state index contributed by atoms with van der Waals surface area (Å²) in [6.07, 6.45) is 4.48. The predicted molar refractivity (Wildman–Crippen MR) is 63.6 cm³/mol. The minimum Gasteiger partial charge on any atom is -0.339 e. The average molecular weight is 209 g/mol. The zero-order chi connectivity index (χ0) is 11.4. The molecule has 0 spiro atoms. The number of piperidine rings is 1. The Hall–Kier alpha value is -0.790. The van der Waals surface area contributed by atoms with E-state index in [1.807, 2.05) is 6.08 Å². The van der Waals surface area contributed by atoms with E-state index in [-0.39, 0.29) is 0 Å². The van der Waals surface area contributed by atoms with Gasteiger partial charge in [0.25, 0.3) is 0 Å². The van der Waals surface area contributed by atoms with Crippen molar-refractivity contribution in [1.82, 2.24) is 4.90 Å². The van der Waals surface area contributed by atoms with Gasteiger partial charge >= 0.3 is 0 Å². The molecule has 1 fully saturated rings. The molecule has 0 unspecified atom stereocenters. The van der Waals surface area contributed by atoms with Crippen molar-refractivity contribution in [1.29, 1.82) is 0 Å². The molecular weight excluding hydrogens is 186 g/mol. The molecule has 3 atom stereocenters. The average Bonchev–Trinajstić information content (AvgIpc) is 2.19. The number of nitrogens with zero attached hydrogens (tertiary/aromatic N) is 1. The molecule has 1 saturated heterocycles. The normalized spacial score (nSPS) is 31.4. The Balaban J connectivity index is 2.57. The summed E-state index contributed by atoms with van der Waals surface area (Å²) in [7, 11) is 0. The summed E-state index contributed by atoms with van der Waals surface area (Å²) < 4.78 is 0.